The highest BCUT2D eigenvalue weighted by molar-refractivity contribution is 7.10. The van der Waals surface area contributed by atoms with Crippen molar-refractivity contribution >= 4 is 17.2 Å². The van der Waals surface area contributed by atoms with Crippen LogP contribution in [0.5, 0.6) is 0 Å². The van der Waals surface area contributed by atoms with E-state index in [0.717, 1.165) is 10.6 Å². The van der Waals surface area contributed by atoms with Gasteiger partial charge in [0.25, 0.3) is 5.91 Å². The number of hydrogen-bond acceptors (Lipinski definition) is 4. The maximum Gasteiger partial charge on any atom is 0.276 e. The van der Waals surface area contributed by atoms with E-state index in [4.69, 9.17) is 0 Å². The van der Waals surface area contributed by atoms with Crippen molar-refractivity contribution in [1.29, 1.82) is 0 Å². The second-order valence-corrected chi connectivity index (χ2v) is 6.44. The first-order valence-electron chi connectivity index (χ1n) is 7.57. The molecule has 24 heavy (non-hydrogen) atoms. The molecule has 3 rings (SSSR count). The molecule has 0 saturated heterocycles. The van der Waals surface area contributed by atoms with Crippen LogP contribution < -0.4 is 10.7 Å². The van der Waals surface area contributed by atoms with Crippen molar-refractivity contribution < 1.29 is 4.79 Å². The van der Waals surface area contributed by atoms with Crippen LogP contribution in [-0.2, 0) is 0 Å². The smallest absolute Gasteiger partial charge is 0.276 e. The summed E-state index contributed by atoms with van der Waals surface area (Å²) in [4.78, 5) is 25.7. The van der Waals surface area contributed by atoms with Crippen LogP contribution in [-0.4, -0.2) is 15.7 Å². The largest absolute Gasteiger partial charge is 0.343 e. The Hall–Kier alpha value is -2.73. The number of nitrogens with zero attached hydrogens (tertiary/aromatic N) is 2. The number of amides is 1. The van der Waals surface area contributed by atoms with Gasteiger partial charge in [0.05, 0.1) is 11.7 Å². The minimum absolute atomic E-state index is 0.104. The predicted molar refractivity (Wildman–Crippen MR) is 94.8 cm³/mol. The average molecular weight is 339 g/mol. The van der Waals surface area contributed by atoms with Gasteiger partial charge in [0, 0.05) is 16.6 Å². The number of rotatable bonds is 4. The highest BCUT2D eigenvalue weighted by Crippen LogP contribution is 2.18. The number of thiophene rings is 1. The molecule has 122 valence electrons. The van der Waals surface area contributed by atoms with Gasteiger partial charge in [0.1, 0.15) is 0 Å². The SMILES string of the molecule is Cc1cc(=O)c(C(=O)NC(C)c2cccs2)nn1-c1ccccc1. The van der Waals surface area contributed by atoms with Crippen molar-refractivity contribution in [2.24, 2.45) is 0 Å². The Balaban J connectivity index is 1.93. The van der Waals surface area contributed by atoms with Gasteiger partial charge in [0.15, 0.2) is 5.69 Å². The fraction of sp³-hybridized carbons (Fsp3) is 0.167. The molecule has 6 heteroatoms. The topological polar surface area (TPSA) is 64.0 Å². The number of carbonyl (C=O) groups excluding carboxylic acids is 1. The monoisotopic (exact) mass is 339 g/mol. The summed E-state index contributed by atoms with van der Waals surface area (Å²) in [5.74, 6) is -0.467. The van der Waals surface area contributed by atoms with Gasteiger partial charge in [-0.3, -0.25) is 9.59 Å². The fourth-order valence-corrected chi connectivity index (χ4v) is 3.14. The summed E-state index contributed by atoms with van der Waals surface area (Å²) in [6.07, 6.45) is 0. The van der Waals surface area contributed by atoms with Crippen LogP contribution in [0.4, 0.5) is 0 Å². The molecule has 1 atom stereocenters. The molecule has 0 fully saturated rings. The Morgan fingerprint density at radius 1 is 1.21 bits per heavy atom. The number of para-hydroxylation sites is 1. The summed E-state index contributed by atoms with van der Waals surface area (Å²) in [5, 5.41) is 9.05. The molecule has 0 aliphatic carbocycles. The Labute approximate surface area is 143 Å². The van der Waals surface area contributed by atoms with E-state index in [2.05, 4.69) is 10.4 Å². The molecular weight excluding hydrogens is 322 g/mol. The molecule has 0 aliphatic rings. The van der Waals surface area contributed by atoms with Gasteiger partial charge in [-0.25, -0.2) is 4.68 Å². The van der Waals surface area contributed by atoms with Crippen LogP contribution in [0, 0.1) is 6.92 Å². The molecule has 0 bridgehead atoms. The van der Waals surface area contributed by atoms with Gasteiger partial charge in [-0.15, -0.1) is 11.3 Å². The van der Waals surface area contributed by atoms with Crippen molar-refractivity contribution in [2.75, 3.05) is 0 Å². The Bertz CT molecular complexity index is 902. The van der Waals surface area contributed by atoms with Crippen LogP contribution in [0.3, 0.4) is 0 Å². The lowest BCUT2D eigenvalue weighted by atomic mass is 10.2. The van der Waals surface area contributed by atoms with Gasteiger partial charge in [-0.1, -0.05) is 24.3 Å². The average Bonchev–Trinajstić information content (AvgIpc) is 3.10. The van der Waals surface area contributed by atoms with E-state index in [1.54, 1.807) is 22.9 Å². The number of hydrogen-bond donors (Lipinski definition) is 1. The van der Waals surface area contributed by atoms with E-state index in [1.165, 1.54) is 6.07 Å². The lowest BCUT2D eigenvalue weighted by molar-refractivity contribution is 0.0932. The van der Waals surface area contributed by atoms with E-state index in [1.807, 2.05) is 54.8 Å². The number of aryl methyl sites for hydroxylation is 1. The first kappa shape index (κ1) is 16.1. The Morgan fingerprint density at radius 2 is 1.96 bits per heavy atom. The molecule has 2 aromatic heterocycles. The van der Waals surface area contributed by atoms with Crippen molar-refractivity contribution in [3.05, 3.63) is 80.4 Å². The highest BCUT2D eigenvalue weighted by atomic mass is 32.1. The molecule has 0 aliphatic heterocycles. The Kier molecular flexibility index (Phi) is 4.57. The van der Waals surface area contributed by atoms with Crippen molar-refractivity contribution in [2.45, 2.75) is 19.9 Å². The summed E-state index contributed by atoms with van der Waals surface area (Å²) >= 11 is 1.56. The van der Waals surface area contributed by atoms with E-state index in [0.29, 0.717) is 5.69 Å². The molecule has 0 saturated carbocycles. The van der Waals surface area contributed by atoms with Crippen LogP contribution in [0.25, 0.3) is 5.69 Å². The standard InChI is InChI=1S/C18H17N3O2S/c1-12-11-15(22)17(20-21(12)14-7-4-3-5-8-14)18(23)19-13(2)16-9-6-10-24-16/h3-11,13H,1-2H3,(H,19,23). The zero-order valence-corrected chi connectivity index (χ0v) is 14.2. The zero-order chi connectivity index (χ0) is 17.1. The lowest BCUT2D eigenvalue weighted by Gasteiger charge is -2.14. The van der Waals surface area contributed by atoms with Gasteiger partial charge >= 0.3 is 0 Å². The van der Waals surface area contributed by atoms with Gasteiger partial charge < -0.3 is 5.32 Å². The van der Waals surface area contributed by atoms with Crippen molar-refractivity contribution in [3.8, 4) is 5.69 Å². The normalized spacial score (nSPS) is 11.9. The van der Waals surface area contributed by atoms with Gasteiger partial charge in [0.2, 0.25) is 5.43 Å². The molecule has 0 radical (unpaired) electrons. The maximum absolute atomic E-state index is 12.5. The minimum atomic E-state index is -0.467. The highest BCUT2D eigenvalue weighted by Gasteiger charge is 2.18. The second-order valence-electron chi connectivity index (χ2n) is 5.46. The second kappa shape index (κ2) is 6.80. The van der Waals surface area contributed by atoms with E-state index >= 15 is 0 Å². The minimum Gasteiger partial charge on any atom is -0.343 e. The predicted octanol–water partition coefficient (Wildman–Crippen LogP) is 3.09. The molecule has 5 nitrogen and oxygen atoms in total. The summed E-state index contributed by atoms with van der Waals surface area (Å²) in [6.45, 7) is 3.67. The van der Waals surface area contributed by atoms with E-state index in [-0.39, 0.29) is 17.2 Å². The third kappa shape index (κ3) is 3.28. The molecule has 2 heterocycles. The van der Waals surface area contributed by atoms with E-state index < -0.39 is 5.91 Å². The van der Waals surface area contributed by atoms with Crippen LogP contribution in [0.15, 0.2) is 58.7 Å². The van der Waals surface area contributed by atoms with Crippen LogP contribution in [0.1, 0.15) is 34.0 Å². The first-order chi connectivity index (χ1) is 11.6. The molecule has 1 unspecified atom stereocenters. The molecule has 3 aromatic rings. The molecular formula is C18H17N3O2S. The number of aromatic nitrogens is 2. The summed E-state index contributed by atoms with van der Waals surface area (Å²) in [7, 11) is 0. The molecule has 1 N–H and O–H groups in total. The summed E-state index contributed by atoms with van der Waals surface area (Å²) in [6, 6.07) is 14.5. The summed E-state index contributed by atoms with van der Waals surface area (Å²) < 4.78 is 1.60. The zero-order valence-electron chi connectivity index (χ0n) is 13.4. The first-order valence-corrected chi connectivity index (χ1v) is 8.45. The molecule has 1 amide bonds. The third-order valence-corrected chi connectivity index (χ3v) is 4.70. The quantitative estimate of drug-likeness (QED) is 0.794. The maximum atomic E-state index is 12.5. The van der Waals surface area contributed by atoms with Gasteiger partial charge in [-0.2, -0.15) is 5.10 Å². The molecule has 1 aromatic carbocycles. The number of nitrogens with one attached hydrogen (secondary N) is 1. The van der Waals surface area contributed by atoms with Gasteiger partial charge in [-0.05, 0) is 37.4 Å². The van der Waals surface area contributed by atoms with Crippen molar-refractivity contribution in [1.82, 2.24) is 15.1 Å². The molecule has 0 spiro atoms. The third-order valence-electron chi connectivity index (χ3n) is 3.64. The fourth-order valence-electron chi connectivity index (χ4n) is 2.41. The number of benzene rings is 1. The Morgan fingerprint density at radius 3 is 2.62 bits per heavy atom. The summed E-state index contributed by atoms with van der Waals surface area (Å²) in [5.41, 5.74) is 0.993. The number of carbonyl (C=O) groups is 1. The lowest BCUT2D eigenvalue weighted by Crippen LogP contribution is -2.33. The van der Waals surface area contributed by atoms with Crippen molar-refractivity contribution in [3.63, 3.8) is 0 Å². The van der Waals surface area contributed by atoms with E-state index in [9.17, 15) is 9.59 Å². The van der Waals surface area contributed by atoms with Crippen LogP contribution >= 0.6 is 11.3 Å². The van der Waals surface area contributed by atoms with Crippen LogP contribution in [0.2, 0.25) is 0 Å².